The fraction of sp³-hybridized carbons (Fsp3) is 0.364. The quantitative estimate of drug-likeness (QED) is 0.611. The molecule has 0 atom stereocenters. The molecule has 0 amide bonds. The zero-order valence-corrected chi connectivity index (χ0v) is 11.2. The summed E-state index contributed by atoms with van der Waals surface area (Å²) >= 11 is 0. The zero-order valence-electron chi connectivity index (χ0n) is 10.4. The van der Waals surface area contributed by atoms with Crippen molar-refractivity contribution < 1.29 is 28.5 Å². The van der Waals surface area contributed by atoms with Crippen LogP contribution in [0.5, 0.6) is 5.75 Å². The minimum absolute atomic E-state index is 0.302. The minimum atomic E-state index is -3.99. The van der Waals surface area contributed by atoms with E-state index in [1.165, 1.54) is 13.8 Å². The Balaban J connectivity index is 3.23. The number of phenols is 1. The lowest BCUT2D eigenvalue weighted by Crippen LogP contribution is -2.46. The number of aliphatic hydroxyl groups is 1. The van der Waals surface area contributed by atoms with Crippen LogP contribution in [0.15, 0.2) is 23.1 Å². The summed E-state index contributed by atoms with van der Waals surface area (Å²) in [5.41, 5.74) is -1.59. The van der Waals surface area contributed by atoms with Crippen LogP contribution in [0.1, 0.15) is 24.2 Å². The summed E-state index contributed by atoms with van der Waals surface area (Å²) in [6, 6.07) is 2.93. The van der Waals surface area contributed by atoms with Gasteiger partial charge in [0.15, 0.2) is 0 Å². The molecule has 0 spiro atoms. The van der Waals surface area contributed by atoms with Gasteiger partial charge in [-0.1, -0.05) is 0 Å². The molecule has 0 aromatic heterocycles. The van der Waals surface area contributed by atoms with Crippen LogP contribution >= 0.6 is 0 Å². The first kappa shape index (κ1) is 15.4. The van der Waals surface area contributed by atoms with Gasteiger partial charge in [0.2, 0.25) is 10.0 Å². The molecule has 0 radical (unpaired) electrons. The van der Waals surface area contributed by atoms with Gasteiger partial charge in [-0.25, -0.2) is 17.9 Å². The van der Waals surface area contributed by atoms with Gasteiger partial charge in [-0.05, 0) is 32.0 Å². The van der Waals surface area contributed by atoms with Gasteiger partial charge < -0.3 is 15.3 Å². The maximum Gasteiger partial charge on any atom is 0.339 e. The van der Waals surface area contributed by atoms with Gasteiger partial charge in [-0.3, -0.25) is 0 Å². The first-order valence-electron chi connectivity index (χ1n) is 5.30. The molecule has 1 aromatic carbocycles. The molecular formula is C11H15NO6S. The summed E-state index contributed by atoms with van der Waals surface area (Å²) in [6.07, 6.45) is 0. The van der Waals surface area contributed by atoms with Crippen molar-refractivity contribution in [1.29, 1.82) is 0 Å². The third kappa shape index (κ3) is 3.66. The van der Waals surface area contributed by atoms with Crippen LogP contribution < -0.4 is 4.72 Å². The van der Waals surface area contributed by atoms with Crippen molar-refractivity contribution in [1.82, 2.24) is 4.72 Å². The molecule has 0 bridgehead atoms. The van der Waals surface area contributed by atoms with Crippen LogP contribution in [0.3, 0.4) is 0 Å². The van der Waals surface area contributed by atoms with Crippen molar-refractivity contribution in [2.75, 3.05) is 6.61 Å². The van der Waals surface area contributed by atoms with E-state index in [1.54, 1.807) is 0 Å². The van der Waals surface area contributed by atoms with Crippen LogP contribution in [0.4, 0.5) is 0 Å². The molecule has 1 aromatic rings. The molecule has 8 heteroatoms. The number of hydrogen-bond donors (Lipinski definition) is 4. The molecule has 1 rings (SSSR count). The van der Waals surface area contributed by atoms with Gasteiger partial charge in [0.05, 0.1) is 17.0 Å². The molecule has 0 fully saturated rings. The average Bonchev–Trinajstić information content (AvgIpc) is 2.27. The summed E-state index contributed by atoms with van der Waals surface area (Å²) in [5.74, 6) is -1.95. The molecule has 0 heterocycles. The first-order valence-corrected chi connectivity index (χ1v) is 6.78. The standard InChI is InChI=1S/C11H15NO6S/c1-11(2,6-13)12-19(17,18)7-3-4-9(14)8(5-7)10(15)16/h3-5,12-14H,6H2,1-2H3,(H,15,16). The molecule has 0 aliphatic heterocycles. The highest BCUT2D eigenvalue weighted by Gasteiger charge is 2.26. The van der Waals surface area contributed by atoms with Crippen molar-refractivity contribution in [3.8, 4) is 5.75 Å². The second kappa shape index (κ2) is 5.16. The van der Waals surface area contributed by atoms with Crippen molar-refractivity contribution >= 4 is 16.0 Å². The second-order valence-electron chi connectivity index (χ2n) is 4.63. The Morgan fingerprint density at radius 3 is 2.42 bits per heavy atom. The van der Waals surface area contributed by atoms with E-state index in [4.69, 9.17) is 10.2 Å². The Morgan fingerprint density at radius 2 is 1.95 bits per heavy atom. The van der Waals surface area contributed by atoms with Crippen LogP contribution in [0.25, 0.3) is 0 Å². The highest BCUT2D eigenvalue weighted by atomic mass is 32.2. The van der Waals surface area contributed by atoms with Crippen LogP contribution in [0, 0.1) is 0 Å². The average molecular weight is 289 g/mol. The van der Waals surface area contributed by atoms with E-state index in [9.17, 15) is 18.3 Å². The molecule has 7 nitrogen and oxygen atoms in total. The monoisotopic (exact) mass is 289 g/mol. The summed E-state index contributed by atoms with van der Waals surface area (Å²) in [7, 11) is -3.99. The normalized spacial score (nSPS) is 12.4. The molecule has 0 aliphatic carbocycles. The van der Waals surface area contributed by atoms with E-state index in [1.807, 2.05) is 0 Å². The minimum Gasteiger partial charge on any atom is -0.507 e. The van der Waals surface area contributed by atoms with Crippen LogP contribution in [-0.4, -0.2) is 41.9 Å². The number of carbonyl (C=O) groups is 1. The van der Waals surface area contributed by atoms with Crippen molar-refractivity contribution in [2.24, 2.45) is 0 Å². The predicted molar refractivity (Wildman–Crippen MR) is 66.6 cm³/mol. The van der Waals surface area contributed by atoms with E-state index in [2.05, 4.69) is 4.72 Å². The van der Waals surface area contributed by atoms with E-state index < -0.39 is 39.5 Å². The number of carboxylic acids is 1. The van der Waals surface area contributed by atoms with Crippen molar-refractivity contribution in [3.63, 3.8) is 0 Å². The molecule has 4 N–H and O–H groups in total. The second-order valence-corrected chi connectivity index (χ2v) is 6.31. The van der Waals surface area contributed by atoms with Gasteiger partial charge in [-0.15, -0.1) is 0 Å². The molecular weight excluding hydrogens is 274 g/mol. The number of aromatic hydroxyl groups is 1. The van der Waals surface area contributed by atoms with Crippen LogP contribution in [-0.2, 0) is 10.0 Å². The van der Waals surface area contributed by atoms with E-state index in [-0.39, 0.29) is 4.90 Å². The number of sulfonamides is 1. The number of aromatic carboxylic acids is 1. The molecule has 0 unspecified atom stereocenters. The Morgan fingerprint density at radius 1 is 1.37 bits per heavy atom. The lowest BCUT2D eigenvalue weighted by Gasteiger charge is -2.23. The number of rotatable bonds is 5. The number of aliphatic hydroxyl groups excluding tert-OH is 1. The smallest absolute Gasteiger partial charge is 0.339 e. The van der Waals surface area contributed by atoms with Gasteiger partial charge in [0.25, 0.3) is 0 Å². The van der Waals surface area contributed by atoms with Gasteiger partial charge in [-0.2, -0.15) is 0 Å². The largest absolute Gasteiger partial charge is 0.507 e. The lowest BCUT2D eigenvalue weighted by atomic mass is 10.1. The van der Waals surface area contributed by atoms with Crippen molar-refractivity contribution in [3.05, 3.63) is 23.8 Å². The number of benzene rings is 1. The van der Waals surface area contributed by atoms with Crippen molar-refractivity contribution in [2.45, 2.75) is 24.3 Å². The Hall–Kier alpha value is -1.64. The van der Waals surface area contributed by atoms with Gasteiger partial charge in [0, 0.05) is 0 Å². The highest BCUT2D eigenvalue weighted by molar-refractivity contribution is 7.89. The third-order valence-electron chi connectivity index (χ3n) is 2.31. The van der Waals surface area contributed by atoms with Crippen LogP contribution in [0.2, 0.25) is 0 Å². The third-order valence-corrected chi connectivity index (χ3v) is 4.01. The molecule has 0 saturated heterocycles. The fourth-order valence-electron chi connectivity index (χ4n) is 1.31. The molecule has 0 saturated carbocycles. The number of carboxylic acid groups (broad SMARTS) is 1. The van der Waals surface area contributed by atoms with E-state index in [0.29, 0.717) is 0 Å². The first-order chi connectivity index (χ1) is 8.59. The lowest BCUT2D eigenvalue weighted by molar-refractivity contribution is 0.0693. The van der Waals surface area contributed by atoms with E-state index in [0.717, 1.165) is 18.2 Å². The molecule has 19 heavy (non-hydrogen) atoms. The highest BCUT2D eigenvalue weighted by Crippen LogP contribution is 2.22. The van der Waals surface area contributed by atoms with Gasteiger partial charge >= 0.3 is 5.97 Å². The summed E-state index contributed by atoms with van der Waals surface area (Å²) < 4.78 is 26.2. The number of nitrogens with one attached hydrogen (secondary N) is 1. The maximum atomic E-state index is 12.0. The zero-order chi connectivity index (χ0) is 14.8. The fourth-order valence-corrected chi connectivity index (χ4v) is 2.74. The Labute approximate surface area is 110 Å². The van der Waals surface area contributed by atoms with E-state index >= 15 is 0 Å². The Bertz CT molecular complexity index is 593. The van der Waals surface area contributed by atoms with Gasteiger partial charge in [0.1, 0.15) is 11.3 Å². The topological polar surface area (TPSA) is 124 Å². The number of hydrogen-bond acceptors (Lipinski definition) is 5. The predicted octanol–water partition coefficient (Wildman–Crippen LogP) is 0.140. The molecule has 0 aliphatic rings. The SMILES string of the molecule is CC(C)(CO)NS(=O)(=O)c1ccc(O)c(C(=O)O)c1. The summed E-state index contributed by atoms with van der Waals surface area (Å²) in [5, 5.41) is 27.2. The Kier molecular flexibility index (Phi) is 4.18. The molecule has 106 valence electrons. The summed E-state index contributed by atoms with van der Waals surface area (Å²) in [4.78, 5) is 10.5. The maximum absolute atomic E-state index is 12.0. The summed E-state index contributed by atoms with van der Waals surface area (Å²) in [6.45, 7) is 2.53.